The number of nitrogens with one attached hydrogen (secondary N) is 1. The minimum absolute atomic E-state index is 0.250. The number of benzene rings is 2. The van der Waals surface area contributed by atoms with Gasteiger partial charge in [-0.05, 0) is 36.6 Å². The van der Waals surface area contributed by atoms with Gasteiger partial charge in [0.1, 0.15) is 5.75 Å². The maximum atomic E-state index is 6.25. The van der Waals surface area contributed by atoms with Crippen LogP contribution in [0, 0.1) is 5.92 Å². The molecular formula is C18H22ClNO. The van der Waals surface area contributed by atoms with Crippen molar-refractivity contribution in [2.45, 2.75) is 26.8 Å². The van der Waals surface area contributed by atoms with E-state index in [1.165, 1.54) is 5.56 Å². The maximum absolute atomic E-state index is 6.25. The first kappa shape index (κ1) is 15.7. The van der Waals surface area contributed by atoms with Gasteiger partial charge in [-0.3, -0.25) is 0 Å². The summed E-state index contributed by atoms with van der Waals surface area (Å²) in [5, 5.41) is 4.20. The zero-order valence-corrected chi connectivity index (χ0v) is 13.5. The second-order valence-electron chi connectivity index (χ2n) is 5.35. The van der Waals surface area contributed by atoms with E-state index in [9.17, 15) is 0 Å². The highest BCUT2D eigenvalue weighted by atomic mass is 35.5. The third kappa shape index (κ3) is 4.15. The number of hydrogen-bond donors (Lipinski definition) is 1. The van der Waals surface area contributed by atoms with E-state index < -0.39 is 0 Å². The van der Waals surface area contributed by atoms with Gasteiger partial charge in [-0.25, -0.2) is 0 Å². The molecule has 0 saturated heterocycles. The molecule has 1 unspecified atom stereocenters. The molecule has 0 radical (unpaired) electrons. The molecule has 0 fully saturated rings. The molecule has 0 bridgehead atoms. The molecule has 2 rings (SSSR count). The molecule has 0 aromatic heterocycles. The van der Waals surface area contributed by atoms with Crippen LogP contribution in [0.25, 0.3) is 0 Å². The Kier molecular flexibility index (Phi) is 5.51. The molecule has 1 N–H and O–H groups in total. The third-order valence-corrected chi connectivity index (χ3v) is 3.67. The normalized spacial score (nSPS) is 12.2. The van der Waals surface area contributed by atoms with Gasteiger partial charge in [0.25, 0.3) is 0 Å². The Bertz CT molecular complexity index is 569. The van der Waals surface area contributed by atoms with Crippen LogP contribution in [0.15, 0.2) is 48.5 Å². The molecule has 1 atom stereocenters. The smallest absolute Gasteiger partial charge is 0.138 e. The molecule has 21 heavy (non-hydrogen) atoms. The summed E-state index contributed by atoms with van der Waals surface area (Å²) in [6.07, 6.45) is 0. The predicted octanol–water partition coefficient (Wildman–Crippen LogP) is 5.55. The summed E-state index contributed by atoms with van der Waals surface area (Å²) in [5.41, 5.74) is 2.28. The number of anilines is 1. The molecule has 0 amide bonds. The molecule has 3 heteroatoms. The standard InChI is InChI=1S/C18H22ClNO/c1-4-21-17-11-10-15(12-16(17)19)20-18(13(2)3)14-8-6-5-7-9-14/h5-13,18,20H,4H2,1-3H3. The van der Waals surface area contributed by atoms with Gasteiger partial charge in [-0.1, -0.05) is 55.8 Å². The average molecular weight is 304 g/mol. The molecule has 0 heterocycles. The van der Waals surface area contributed by atoms with E-state index in [0.29, 0.717) is 17.5 Å². The van der Waals surface area contributed by atoms with Crippen molar-refractivity contribution in [2.75, 3.05) is 11.9 Å². The molecule has 0 spiro atoms. The van der Waals surface area contributed by atoms with Crippen molar-refractivity contribution in [3.63, 3.8) is 0 Å². The first-order chi connectivity index (χ1) is 10.1. The highest BCUT2D eigenvalue weighted by Gasteiger charge is 2.15. The molecular weight excluding hydrogens is 282 g/mol. The minimum Gasteiger partial charge on any atom is -0.492 e. The van der Waals surface area contributed by atoms with Crippen LogP contribution in [-0.4, -0.2) is 6.61 Å². The SMILES string of the molecule is CCOc1ccc(NC(c2ccccc2)C(C)C)cc1Cl. The van der Waals surface area contributed by atoms with E-state index >= 15 is 0 Å². The molecule has 0 aliphatic heterocycles. The fourth-order valence-electron chi connectivity index (χ4n) is 2.34. The van der Waals surface area contributed by atoms with Crippen molar-refractivity contribution in [1.82, 2.24) is 0 Å². The van der Waals surface area contributed by atoms with Gasteiger partial charge in [-0.2, -0.15) is 0 Å². The van der Waals surface area contributed by atoms with Gasteiger partial charge in [-0.15, -0.1) is 0 Å². The first-order valence-corrected chi connectivity index (χ1v) is 7.73. The lowest BCUT2D eigenvalue weighted by molar-refractivity contribution is 0.340. The van der Waals surface area contributed by atoms with E-state index in [0.717, 1.165) is 11.4 Å². The van der Waals surface area contributed by atoms with Crippen LogP contribution in [0.1, 0.15) is 32.4 Å². The fraction of sp³-hybridized carbons (Fsp3) is 0.333. The summed E-state index contributed by atoms with van der Waals surface area (Å²) >= 11 is 6.25. The maximum Gasteiger partial charge on any atom is 0.138 e. The number of halogens is 1. The Hall–Kier alpha value is -1.67. The zero-order chi connectivity index (χ0) is 15.2. The monoisotopic (exact) mass is 303 g/mol. The second-order valence-corrected chi connectivity index (χ2v) is 5.76. The van der Waals surface area contributed by atoms with E-state index in [1.54, 1.807) is 0 Å². The molecule has 2 aromatic carbocycles. The van der Waals surface area contributed by atoms with Gasteiger partial charge in [0.05, 0.1) is 17.7 Å². The molecule has 0 aliphatic rings. The first-order valence-electron chi connectivity index (χ1n) is 7.35. The molecule has 2 nitrogen and oxygen atoms in total. The quantitative estimate of drug-likeness (QED) is 0.755. The topological polar surface area (TPSA) is 21.3 Å². The molecule has 2 aromatic rings. The minimum atomic E-state index is 0.250. The highest BCUT2D eigenvalue weighted by molar-refractivity contribution is 6.32. The Morgan fingerprint density at radius 1 is 1.10 bits per heavy atom. The van der Waals surface area contributed by atoms with Gasteiger partial charge in [0.15, 0.2) is 0 Å². The Morgan fingerprint density at radius 3 is 2.38 bits per heavy atom. The Morgan fingerprint density at radius 2 is 1.81 bits per heavy atom. The van der Waals surface area contributed by atoms with Crippen LogP contribution in [-0.2, 0) is 0 Å². The summed E-state index contributed by atoms with van der Waals surface area (Å²) in [7, 11) is 0. The van der Waals surface area contributed by atoms with Gasteiger partial charge < -0.3 is 10.1 Å². The van der Waals surface area contributed by atoms with E-state index in [-0.39, 0.29) is 6.04 Å². The zero-order valence-electron chi connectivity index (χ0n) is 12.8. The van der Waals surface area contributed by atoms with Gasteiger partial charge in [0, 0.05) is 5.69 Å². The average Bonchev–Trinajstić information content (AvgIpc) is 2.48. The van der Waals surface area contributed by atoms with E-state index in [2.05, 4.69) is 43.4 Å². The number of ether oxygens (including phenoxy) is 1. The Labute approximate surface area is 132 Å². The number of hydrogen-bond acceptors (Lipinski definition) is 2. The second kappa shape index (κ2) is 7.37. The van der Waals surface area contributed by atoms with E-state index in [4.69, 9.17) is 16.3 Å². The summed E-state index contributed by atoms with van der Waals surface area (Å²) < 4.78 is 5.47. The van der Waals surface area contributed by atoms with Gasteiger partial charge >= 0.3 is 0 Å². The lowest BCUT2D eigenvalue weighted by atomic mass is 9.96. The summed E-state index contributed by atoms with van der Waals surface area (Å²) in [4.78, 5) is 0. The van der Waals surface area contributed by atoms with Crippen LogP contribution in [0.4, 0.5) is 5.69 Å². The van der Waals surface area contributed by atoms with Gasteiger partial charge in [0.2, 0.25) is 0 Å². The lowest BCUT2D eigenvalue weighted by Gasteiger charge is -2.24. The summed E-state index contributed by atoms with van der Waals surface area (Å²) in [6, 6.07) is 16.6. The molecule has 0 saturated carbocycles. The largest absolute Gasteiger partial charge is 0.492 e. The van der Waals surface area contributed by atoms with Crippen molar-refractivity contribution >= 4 is 17.3 Å². The Balaban J connectivity index is 2.20. The summed E-state index contributed by atoms with van der Waals surface area (Å²) in [5.74, 6) is 1.20. The van der Waals surface area contributed by atoms with Crippen LogP contribution in [0.2, 0.25) is 5.02 Å². The molecule has 0 aliphatic carbocycles. The predicted molar refractivity (Wildman–Crippen MR) is 90.3 cm³/mol. The third-order valence-electron chi connectivity index (χ3n) is 3.38. The number of rotatable bonds is 6. The fourth-order valence-corrected chi connectivity index (χ4v) is 2.57. The summed E-state index contributed by atoms with van der Waals surface area (Å²) in [6.45, 7) is 6.99. The highest BCUT2D eigenvalue weighted by Crippen LogP contribution is 2.31. The van der Waals surface area contributed by atoms with Crippen molar-refractivity contribution in [3.8, 4) is 5.75 Å². The van der Waals surface area contributed by atoms with Crippen LogP contribution in [0.5, 0.6) is 5.75 Å². The van der Waals surface area contributed by atoms with Crippen molar-refractivity contribution in [3.05, 3.63) is 59.1 Å². The van der Waals surface area contributed by atoms with Crippen molar-refractivity contribution < 1.29 is 4.74 Å². The van der Waals surface area contributed by atoms with Crippen LogP contribution in [0.3, 0.4) is 0 Å². The van der Waals surface area contributed by atoms with E-state index in [1.807, 2.05) is 31.2 Å². The van der Waals surface area contributed by atoms with Crippen molar-refractivity contribution in [2.24, 2.45) is 5.92 Å². The molecule has 112 valence electrons. The lowest BCUT2D eigenvalue weighted by Crippen LogP contribution is -2.16. The van der Waals surface area contributed by atoms with Crippen LogP contribution < -0.4 is 10.1 Å². The van der Waals surface area contributed by atoms with Crippen molar-refractivity contribution in [1.29, 1.82) is 0 Å². The van der Waals surface area contributed by atoms with Crippen LogP contribution >= 0.6 is 11.6 Å².